The maximum atomic E-state index is 2.37. The lowest BCUT2D eigenvalue weighted by Gasteiger charge is -2.14. The van der Waals surface area contributed by atoms with Crippen LogP contribution in [-0.4, -0.2) is 0 Å². The summed E-state index contributed by atoms with van der Waals surface area (Å²) in [4.78, 5) is 1.39. The van der Waals surface area contributed by atoms with Crippen molar-refractivity contribution >= 4 is 11.8 Å². The molecule has 1 aromatic heterocycles. The number of aromatic nitrogens is 1. The maximum Gasteiger partial charge on any atom is 0.214 e. The molecule has 1 aliphatic rings. The zero-order valence-corrected chi connectivity index (χ0v) is 9.42. The summed E-state index contributed by atoms with van der Waals surface area (Å²) in [6.07, 6.45) is 0. The van der Waals surface area contributed by atoms with Crippen molar-refractivity contribution in [1.82, 2.24) is 0 Å². The molecular weight excluding hydrogens is 202 g/mol. The predicted molar refractivity (Wildman–Crippen MR) is 62.7 cm³/mol. The van der Waals surface area contributed by atoms with Crippen LogP contribution in [0, 0.1) is 6.92 Å². The van der Waals surface area contributed by atoms with Crippen molar-refractivity contribution in [3.63, 3.8) is 0 Å². The monoisotopic (exact) mass is 214 g/mol. The summed E-state index contributed by atoms with van der Waals surface area (Å²) in [5, 5.41) is 0. The average molecular weight is 214 g/mol. The summed E-state index contributed by atoms with van der Waals surface area (Å²) >= 11 is 1.91. The Kier molecular flexibility index (Phi) is 2.03. The van der Waals surface area contributed by atoms with E-state index in [4.69, 9.17) is 0 Å². The number of hydrogen-bond acceptors (Lipinski definition) is 1. The highest BCUT2D eigenvalue weighted by molar-refractivity contribution is 7.98. The smallest absolute Gasteiger partial charge is 0.186 e. The Hall–Kier alpha value is -1.28. The van der Waals surface area contributed by atoms with E-state index in [0.29, 0.717) is 0 Å². The number of thioether (sulfide) groups is 1. The molecule has 0 saturated heterocycles. The molecule has 15 heavy (non-hydrogen) atoms. The van der Waals surface area contributed by atoms with Crippen LogP contribution in [0.5, 0.6) is 0 Å². The summed E-state index contributed by atoms with van der Waals surface area (Å²) in [6.45, 7) is 2.16. The normalized spacial score (nSPS) is 13.1. The van der Waals surface area contributed by atoms with Gasteiger partial charge in [-0.1, -0.05) is 23.9 Å². The summed E-state index contributed by atoms with van der Waals surface area (Å²) in [6, 6.07) is 15.1. The maximum absolute atomic E-state index is 2.37. The molecule has 0 unspecified atom stereocenters. The summed E-state index contributed by atoms with van der Waals surface area (Å²) < 4.78 is 2.37. The van der Waals surface area contributed by atoms with E-state index >= 15 is 0 Å². The first kappa shape index (κ1) is 8.98. The average Bonchev–Trinajstić information content (AvgIpc) is 2.29. The van der Waals surface area contributed by atoms with E-state index in [1.54, 1.807) is 0 Å². The van der Waals surface area contributed by atoms with Gasteiger partial charge < -0.3 is 0 Å². The number of benzene rings is 1. The van der Waals surface area contributed by atoms with Crippen LogP contribution < -0.4 is 4.57 Å². The number of hydrogen-bond donors (Lipinski definition) is 0. The molecule has 0 aliphatic carbocycles. The van der Waals surface area contributed by atoms with Crippen molar-refractivity contribution in [2.75, 3.05) is 0 Å². The van der Waals surface area contributed by atoms with Crippen LogP contribution in [0.25, 0.3) is 11.3 Å². The largest absolute Gasteiger partial charge is 0.214 e. The Morgan fingerprint density at radius 1 is 1.07 bits per heavy atom. The van der Waals surface area contributed by atoms with Crippen LogP contribution in [0.3, 0.4) is 0 Å². The van der Waals surface area contributed by atoms with Crippen LogP contribution in [0.15, 0.2) is 47.4 Å². The van der Waals surface area contributed by atoms with Gasteiger partial charge in [0.05, 0.1) is 5.56 Å². The minimum absolute atomic E-state index is 1.03. The third-order valence-electron chi connectivity index (χ3n) is 2.82. The molecular formula is C13H12NS+. The van der Waals surface area contributed by atoms with E-state index in [2.05, 4.69) is 54.0 Å². The van der Waals surface area contributed by atoms with Crippen LogP contribution in [0.1, 0.15) is 5.69 Å². The molecule has 1 nitrogen and oxygen atoms in total. The van der Waals surface area contributed by atoms with Gasteiger partial charge in [-0.05, 0) is 18.2 Å². The highest BCUT2D eigenvalue weighted by Gasteiger charge is 2.23. The molecule has 1 aromatic carbocycles. The molecule has 0 fully saturated rings. The Labute approximate surface area is 93.8 Å². The van der Waals surface area contributed by atoms with Gasteiger partial charge in [0.15, 0.2) is 11.6 Å². The first-order valence-corrected chi connectivity index (χ1v) is 6.06. The molecule has 0 saturated carbocycles. The molecule has 2 heterocycles. The molecule has 0 radical (unpaired) electrons. The van der Waals surface area contributed by atoms with Gasteiger partial charge in [-0.2, -0.15) is 4.57 Å². The molecule has 74 valence electrons. The lowest BCUT2D eigenvalue weighted by Crippen LogP contribution is -2.39. The van der Waals surface area contributed by atoms with Crippen molar-refractivity contribution in [2.45, 2.75) is 17.7 Å². The lowest BCUT2D eigenvalue weighted by atomic mass is 10.1. The zero-order chi connectivity index (χ0) is 10.3. The minimum Gasteiger partial charge on any atom is -0.186 e. The lowest BCUT2D eigenvalue weighted by molar-refractivity contribution is -0.672. The number of fused-ring (bicyclic) bond motifs is 3. The Balaban J connectivity index is 2.30. The number of rotatable bonds is 0. The summed E-state index contributed by atoms with van der Waals surface area (Å²) in [5.74, 6) is 1.03. The molecule has 0 spiro atoms. The van der Waals surface area contributed by atoms with E-state index in [1.165, 1.54) is 21.8 Å². The molecule has 0 atom stereocenters. The van der Waals surface area contributed by atoms with Crippen molar-refractivity contribution in [3.8, 4) is 11.3 Å². The first-order chi connectivity index (χ1) is 7.36. The predicted octanol–water partition coefficient (Wildman–Crippen LogP) is 3.01. The number of pyridine rings is 1. The van der Waals surface area contributed by atoms with Gasteiger partial charge in [0.2, 0.25) is 5.69 Å². The Bertz CT molecular complexity index is 520. The fraction of sp³-hybridized carbons (Fsp3) is 0.154. The molecule has 0 amide bonds. The van der Waals surface area contributed by atoms with E-state index in [-0.39, 0.29) is 0 Å². The summed E-state index contributed by atoms with van der Waals surface area (Å²) in [7, 11) is 0. The van der Waals surface area contributed by atoms with Crippen LogP contribution in [-0.2, 0) is 5.88 Å². The molecule has 0 N–H and O–H groups in total. The quantitative estimate of drug-likeness (QED) is 0.610. The molecule has 0 bridgehead atoms. The summed E-state index contributed by atoms with van der Waals surface area (Å²) in [5.41, 5.74) is 4.02. The standard InChI is InChI=1S/C13H12NS/c1-10-5-4-7-12-11-6-2-3-8-13(11)15-9-14(10)12/h2-8H,9H2,1H3/q+1. The van der Waals surface area contributed by atoms with Gasteiger partial charge in [-0.3, -0.25) is 0 Å². The molecule has 2 aromatic rings. The minimum atomic E-state index is 1.03. The van der Waals surface area contributed by atoms with Gasteiger partial charge in [-0.15, -0.1) is 0 Å². The molecule has 2 heteroatoms. The van der Waals surface area contributed by atoms with Gasteiger partial charge in [0, 0.05) is 24.0 Å². The van der Waals surface area contributed by atoms with Crippen molar-refractivity contribution < 1.29 is 4.57 Å². The van der Waals surface area contributed by atoms with E-state index in [1.807, 2.05) is 11.8 Å². The van der Waals surface area contributed by atoms with Crippen LogP contribution in [0.4, 0.5) is 0 Å². The number of nitrogens with zero attached hydrogens (tertiary/aromatic N) is 1. The SMILES string of the molecule is Cc1cccc2[n+]1CSc1ccccc1-2. The second-order valence-corrected chi connectivity index (χ2v) is 4.74. The topological polar surface area (TPSA) is 3.88 Å². The van der Waals surface area contributed by atoms with Crippen LogP contribution >= 0.6 is 11.8 Å². The molecule has 1 aliphatic heterocycles. The van der Waals surface area contributed by atoms with Crippen molar-refractivity contribution in [2.24, 2.45) is 0 Å². The van der Waals surface area contributed by atoms with Gasteiger partial charge in [-0.25, -0.2) is 0 Å². The second kappa shape index (κ2) is 3.38. The third-order valence-corrected chi connectivity index (χ3v) is 3.87. The fourth-order valence-electron chi connectivity index (χ4n) is 1.99. The van der Waals surface area contributed by atoms with Gasteiger partial charge >= 0.3 is 0 Å². The van der Waals surface area contributed by atoms with Crippen molar-refractivity contribution in [1.29, 1.82) is 0 Å². The molecule has 3 rings (SSSR count). The van der Waals surface area contributed by atoms with E-state index in [0.717, 1.165) is 5.88 Å². The van der Waals surface area contributed by atoms with Gasteiger partial charge in [0.1, 0.15) is 0 Å². The van der Waals surface area contributed by atoms with Gasteiger partial charge in [0.25, 0.3) is 0 Å². The Morgan fingerprint density at radius 3 is 2.87 bits per heavy atom. The Morgan fingerprint density at radius 2 is 1.93 bits per heavy atom. The zero-order valence-electron chi connectivity index (χ0n) is 8.60. The van der Waals surface area contributed by atoms with E-state index in [9.17, 15) is 0 Å². The van der Waals surface area contributed by atoms with Crippen molar-refractivity contribution in [3.05, 3.63) is 48.2 Å². The number of aryl methyl sites for hydroxylation is 1. The van der Waals surface area contributed by atoms with E-state index < -0.39 is 0 Å². The first-order valence-electron chi connectivity index (χ1n) is 5.08. The highest BCUT2D eigenvalue weighted by atomic mass is 32.2. The second-order valence-electron chi connectivity index (χ2n) is 3.75. The fourth-order valence-corrected chi connectivity index (χ4v) is 3.11. The highest BCUT2D eigenvalue weighted by Crippen LogP contribution is 2.33. The third kappa shape index (κ3) is 1.37. The van der Waals surface area contributed by atoms with Crippen LogP contribution in [0.2, 0.25) is 0 Å².